The molecule has 0 bridgehead atoms. The van der Waals surface area contributed by atoms with Gasteiger partial charge in [0, 0.05) is 12.1 Å². The molecule has 0 radical (unpaired) electrons. The molecule has 1 fully saturated rings. The number of ether oxygens (including phenoxy) is 1. The molecule has 9 heteroatoms. The van der Waals surface area contributed by atoms with Crippen LogP contribution in [-0.4, -0.2) is 0 Å². The first-order chi connectivity index (χ1) is 15.4. The lowest BCUT2D eigenvalue weighted by molar-refractivity contribution is -0.187. The van der Waals surface area contributed by atoms with Crippen molar-refractivity contribution < 1.29 is 39.9 Å². The quantitative estimate of drug-likeness (QED) is 0.362. The Kier molecular flexibility index (Phi) is 7.59. The number of alkyl halides is 5. The van der Waals surface area contributed by atoms with Crippen LogP contribution in [0.25, 0.3) is 0 Å². The minimum Gasteiger partial charge on any atom is -0.429 e. The lowest BCUT2D eigenvalue weighted by Gasteiger charge is -2.27. The van der Waals surface area contributed by atoms with Gasteiger partial charge in [-0.1, -0.05) is 45.1 Å². The maximum atomic E-state index is 14.4. The van der Waals surface area contributed by atoms with Gasteiger partial charge in [0.2, 0.25) is 0 Å². The summed E-state index contributed by atoms with van der Waals surface area (Å²) in [5, 5.41) is 0. The summed E-state index contributed by atoms with van der Waals surface area (Å²) in [7, 11) is 0. The summed E-state index contributed by atoms with van der Waals surface area (Å²) in [6, 6.07) is 3.06. The molecule has 1 saturated carbocycles. The maximum Gasteiger partial charge on any atom is 0.429 e. The van der Waals surface area contributed by atoms with E-state index in [0.717, 1.165) is 56.6 Å². The van der Waals surface area contributed by atoms with Gasteiger partial charge in [-0.2, -0.15) is 22.0 Å². The fourth-order valence-electron chi connectivity index (χ4n) is 4.33. The standard InChI is InChI=1S/C24H24F8O/c1-2-14-3-5-15(6-4-14)7-8-16-9-10-18(19(25)11-16)24(31,32)33-17-12-20(26)22(21(27)13-17)23(28,29)30/h9-15H,2-8H2,1H3/t14-,15-. The Morgan fingerprint density at radius 2 is 1.39 bits per heavy atom. The van der Waals surface area contributed by atoms with Crippen LogP contribution in [0.5, 0.6) is 5.75 Å². The summed E-state index contributed by atoms with van der Waals surface area (Å²) in [5.41, 5.74) is -2.89. The van der Waals surface area contributed by atoms with Gasteiger partial charge in [0.25, 0.3) is 0 Å². The molecule has 0 aliphatic heterocycles. The molecule has 0 saturated heterocycles. The number of halogens is 8. The first-order valence-corrected chi connectivity index (χ1v) is 10.8. The van der Waals surface area contributed by atoms with Gasteiger partial charge >= 0.3 is 12.3 Å². The van der Waals surface area contributed by atoms with Crippen LogP contribution in [0.3, 0.4) is 0 Å². The van der Waals surface area contributed by atoms with Crippen LogP contribution in [0.1, 0.15) is 62.1 Å². The van der Waals surface area contributed by atoms with Crippen LogP contribution in [-0.2, 0) is 18.7 Å². The molecule has 2 aromatic rings. The minimum atomic E-state index is -5.35. The van der Waals surface area contributed by atoms with Gasteiger partial charge < -0.3 is 4.74 Å². The SMILES string of the molecule is CC[C@H]1CC[C@H](CCc2ccc(C(F)(F)Oc3cc(F)c(C(F)(F)F)c(F)c3)c(F)c2)CC1. The highest BCUT2D eigenvalue weighted by atomic mass is 19.4. The molecule has 0 aromatic heterocycles. The molecule has 182 valence electrons. The molecule has 1 aliphatic carbocycles. The van der Waals surface area contributed by atoms with E-state index in [9.17, 15) is 35.1 Å². The number of benzene rings is 2. The van der Waals surface area contributed by atoms with Crippen molar-refractivity contribution in [3.05, 3.63) is 64.5 Å². The van der Waals surface area contributed by atoms with Crippen molar-refractivity contribution in [1.82, 2.24) is 0 Å². The van der Waals surface area contributed by atoms with Gasteiger partial charge in [-0.05, 0) is 42.4 Å². The van der Waals surface area contributed by atoms with Crippen molar-refractivity contribution in [1.29, 1.82) is 0 Å². The van der Waals surface area contributed by atoms with Gasteiger partial charge in [0.1, 0.15) is 28.8 Å². The highest BCUT2D eigenvalue weighted by Crippen LogP contribution is 2.39. The van der Waals surface area contributed by atoms with E-state index >= 15 is 0 Å². The van der Waals surface area contributed by atoms with E-state index in [-0.39, 0.29) is 12.1 Å². The van der Waals surface area contributed by atoms with Crippen molar-refractivity contribution >= 4 is 0 Å². The lowest BCUT2D eigenvalue weighted by atomic mass is 9.78. The molecule has 0 spiro atoms. The van der Waals surface area contributed by atoms with Crippen LogP contribution >= 0.6 is 0 Å². The fourth-order valence-corrected chi connectivity index (χ4v) is 4.33. The zero-order valence-corrected chi connectivity index (χ0v) is 17.9. The molecular formula is C24H24F8O. The van der Waals surface area contributed by atoms with Gasteiger partial charge in [-0.15, -0.1) is 0 Å². The van der Waals surface area contributed by atoms with Gasteiger partial charge in [-0.25, -0.2) is 13.2 Å². The van der Waals surface area contributed by atoms with Gasteiger partial charge in [0.05, 0.1) is 5.56 Å². The van der Waals surface area contributed by atoms with Crippen LogP contribution in [0.2, 0.25) is 0 Å². The largest absolute Gasteiger partial charge is 0.429 e. The lowest BCUT2D eigenvalue weighted by Crippen LogP contribution is -2.24. The Morgan fingerprint density at radius 1 is 0.818 bits per heavy atom. The van der Waals surface area contributed by atoms with E-state index < -0.39 is 46.6 Å². The third-order valence-corrected chi connectivity index (χ3v) is 6.28. The Labute approximate surface area is 186 Å². The summed E-state index contributed by atoms with van der Waals surface area (Å²) in [6.07, 6.45) is -2.75. The van der Waals surface area contributed by atoms with Crippen molar-refractivity contribution in [2.24, 2.45) is 11.8 Å². The Bertz CT molecular complexity index is 938. The van der Waals surface area contributed by atoms with E-state index in [2.05, 4.69) is 11.7 Å². The summed E-state index contributed by atoms with van der Waals surface area (Å²) in [4.78, 5) is 0. The molecule has 0 amide bonds. The Balaban J connectivity index is 1.69. The normalized spacial score (nSPS) is 19.5. The first kappa shape index (κ1) is 25.3. The topological polar surface area (TPSA) is 9.23 Å². The third kappa shape index (κ3) is 6.18. The maximum absolute atomic E-state index is 14.4. The predicted octanol–water partition coefficient (Wildman–Crippen LogP) is 8.40. The third-order valence-electron chi connectivity index (χ3n) is 6.28. The second-order valence-corrected chi connectivity index (χ2v) is 8.53. The van der Waals surface area contributed by atoms with E-state index in [1.54, 1.807) is 0 Å². The Hall–Kier alpha value is -2.32. The molecule has 0 N–H and O–H groups in total. The monoisotopic (exact) mass is 480 g/mol. The number of rotatable bonds is 7. The molecule has 3 rings (SSSR count). The number of hydrogen-bond acceptors (Lipinski definition) is 1. The van der Waals surface area contributed by atoms with E-state index in [0.29, 0.717) is 17.9 Å². The van der Waals surface area contributed by atoms with Crippen molar-refractivity contribution in [3.8, 4) is 5.75 Å². The molecule has 0 unspecified atom stereocenters. The average Bonchev–Trinajstić information content (AvgIpc) is 2.70. The Morgan fingerprint density at radius 3 is 1.91 bits per heavy atom. The van der Waals surface area contributed by atoms with E-state index in [1.165, 1.54) is 6.07 Å². The highest BCUT2D eigenvalue weighted by molar-refractivity contribution is 5.34. The fraction of sp³-hybridized carbons (Fsp3) is 0.500. The van der Waals surface area contributed by atoms with Crippen molar-refractivity contribution in [2.75, 3.05) is 0 Å². The molecule has 0 heterocycles. The molecule has 33 heavy (non-hydrogen) atoms. The zero-order chi connectivity index (χ0) is 24.4. The van der Waals surface area contributed by atoms with Gasteiger partial charge in [0.15, 0.2) is 0 Å². The van der Waals surface area contributed by atoms with Crippen LogP contribution in [0.4, 0.5) is 35.1 Å². The zero-order valence-electron chi connectivity index (χ0n) is 17.9. The van der Waals surface area contributed by atoms with Crippen LogP contribution < -0.4 is 4.74 Å². The van der Waals surface area contributed by atoms with Gasteiger partial charge in [-0.3, -0.25) is 0 Å². The van der Waals surface area contributed by atoms with Crippen molar-refractivity contribution in [2.45, 2.75) is 64.2 Å². The minimum absolute atomic E-state index is 0.0145. The highest BCUT2D eigenvalue weighted by Gasteiger charge is 2.41. The predicted molar refractivity (Wildman–Crippen MR) is 106 cm³/mol. The van der Waals surface area contributed by atoms with E-state index in [1.807, 2.05) is 0 Å². The second kappa shape index (κ2) is 9.89. The molecule has 1 nitrogen and oxygen atoms in total. The number of hydrogen-bond donors (Lipinski definition) is 0. The first-order valence-electron chi connectivity index (χ1n) is 10.8. The molecular weight excluding hydrogens is 456 g/mol. The summed E-state index contributed by atoms with van der Waals surface area (Å²) in [6.45, 7) is 2.17. The van der Waals surface area contributed by atoms with Crippen LogP contribution in [0, 0.1) is 29.3 Å². The molecule has 0 atom stereocenters. The molecule has 2 aromatic carbocycles. The molecule has 1 aliphatic rings. The van der Waals surface area contributed by atoms with Crippen LogP contribution in [0.15, 0.2) is 30.3 Å². The smallest absolute Gasteiger partial charge is 0.429 e. The average molecular weight is 480 g/mol. The second-order valence-electron chi connectivity index (χ2n) is 8.53. The summed E-state index contributed by atoms with van der Waals surface area (Å²) >= 11 is 0. The van der Waals surface area contributed by atoms with Crippen molar-refractivity contribution in [3.63, 3.8) is 0 Å². The van der Waals surface area contributed by atoms with E-state index in [4.69, 9.17) is 0 Å². The summed E-state index contributed by atoms with van der Waals surface area (Å²) < 4.78 is 113. The number of aryl methyl sites for hydroxylation is 1. The summed E-state index contributed by atoms with van der Waals surface area (Å²) in [5.74, 6) is -5.46.